The quantitative estimate of drug-likeness (QED) is 0.870. The van der Waals surface area contributed by atoms with Gasteiger partial charge in [-0.1, -0.05) is 6.07 Å². The molecule has 0 aromatic heterocycles. The lowest BCUT2D eigenvalue weighted by atomic mass is 9.85. The average molecular weight is 304 g/mol. The normalized spacial score (nSPS) is 16.8. The number of ether oxygens (including phenoxy) is 1. The second-order valence-electron chi connectivity index (χ2n) is 7.00. The molecule has 1 aromatic carbocycles. The monoisotopic (exact) mass is 304 g/mol. The van der Waals surface area contributed by atoms with E-state index in [1.807, 2.05) is 30.9 Å². The van der Waals surface area contributed by atoms with Crippen LogP contribution in [0.2, 0.25) is 0 Å². The first-order chi connectivity index (χ1) is 10.3. The molecular weight excluding hydrogens is 276 g/mol. The highest BCUT2D eigenvalue weighted by molar-refractivity contribution is 5.82. The second-order valence-corrected chi connectivity index (χ2v) is 7.00. The van der Waals surface area contributed by atoms with E-state index in [4.69, 9.17) is 10.5 Å². The minimum absolute atomic E-state index is 0.196. The van der Waals surface area contributed by atoms with Gasteiger partial charge in [0.2, 0.25) is 5.91 Å². The second kappa shape index (κ2) is 6.69. The summed E-state index contributed by atoms with van der Waals surface area (Å²) < 4.78 is 5.18. The number of methoxy groups -OCH3 is 1. The summed E-state index contributed by atoms with van der Waals surface area (Å²) in [6.45, 7) is 8.12. The number of aryl methyl sites for hydroxylation is 1. The van der Waals surface area contributed by atoms with Gasteiger partial charge in [-0.25, -0.2) is 0 Å². The molecular formula is C18H28N2O2. The Morgan fingerprint density at radius 1 is 1.36 bits per heavy atom. The van der Waals surface area contributed by atoms with E-state index in [2.05, 4.69) is 13.0 Å². The molecule has 0 saturated carbocycles. The number of piperidine rings is 1. The van der Waals surface area contributed by atoms with E-state index in [0.717, 1.165) is 31.6 Å². The van der Waals surface area contributed by atoms with Crippen molar-refractivity contribution >= 4 is 11.6 Å². The Balaban J connectivity index is 2.00. The van der Waals surface area contributed by atoms with Crippen molar-refractivity contribution in [3.05, 3.63) is 29.3 Å². The van der Waals surface area contributed by atoms with Crippen molar-refractivity contribution < 1.29 is 9.53 Å². The van der Waals surface area contributed by atoms with Crippen LogP contribution >= 0.6 is 0 Å². The van der Waals surface area contributed by atoms with Crippen LogP contribution in [0.1, 0.15) is 43.7 Å². The molecule has 4 heteroatoms. The highest BCUT2D eigenvalue weighted by Gasteiger charge is 2.34. The molecule has 0 unspecified atom stereocenters. The molecule has 1 saturated heterocycles. The van der Waals surface area contributed by atoms with Gasteiger partial charge in [0.1, 0.15) is 0 Å². The molecule has 1 fully saturated rings. The summed E-state index contributed by atoms with van der Waals surface area (Å²) in [6, 6.07) is 6.15. The summed E-state index contributed by atoms with van der Waals surface area (Å²) in [5, 5.41) is 0. The van der Waals surface area contributed by atoms with Gasteiger partial charge in [-0.2, -0.15) is 0 Å². The number of carbonyl (C=O) groups is 1. The van der Waals surface area contributed by atoms with Gasteiger partial charge in [-0.3, -0.25) is 4.79 Å². The number of hydrogen-bond acceptors (Lipinski definition) is 3. The third kappa shape index (κ3) is 3.61. The lowest BCUT2D eigenvalue weighted by Crippen LogP contribution is -2.46. The molecule has 4 nitrogen and oxygen atoms in total. The van der Waals surface area contributed by atoms with Crippen molar-refractivity contribution in [3.63, 3.8) is 0 Å². The van der Waals surface area contributed by atoms with Gasteiger partial charge in [-0.15, -0.1) is 0 Å². The van der Waals surface area contributed by atoms with Crippen LogP contribution in [0.5, 0.6) is 0 Å². The molecule has 1 aromatic rings. The summed E-state index contributed by atoms with van der Waals surface area (Å²) >= 11 is 0. The molecule has 2 N–H and O–H groups in total. The lowest BCUT2D eigenvalue weighted by Gasteiger charge is -2.37. The molecule has 1 amide bonds. The standard InChI is InChI=1S/C18H28N2O2/c1-13-11-15(19)5-6-16(13)14-7-9-20(10-8-14)17(21)18(2,3)12-22-4/h5-6,11,14H,7-10,12,19H2,1-4H3. The molecule has 0 atom stereocenters. The maximum Gasteiger partial charge on any atom is 0.230 e. The molecule has 122 valence electrons. The van der Waals surface area contributed by atoms with Crippen LogP contribution in [0, 0.1) is 12.3 Å². The van der Waals surface area contributed by atoms with Gasteiger partial charge in [0, 0.05) is 25.9 Å². The van der Waals surface area contributed by atoms with Gasteiger partial charge in [0.05, 0.1) is 12.0 Å². The summed E-state index contributed by atoms with van der Waals surface area (Å²) in [5.41, 5.74) is 8.83. The number of rotatable bonds is 4. The molecule has 22 heavy (non-hydrogen) atoms. The number of amides is 1. The van der Waals surface area contributed by atoms with E-state index in [1.165, 1.54) is 11.1 Å². The lowest BCUT2D eigenvalue weighted by molar-refractivity contribution is -0.144. The third-order valence-electron chi connectivity index (χ3n) is 4.60. The predicted octanol–water partition coefficient (Wildman–Crippen LogP) is 2.96. The van der Waals surface area contributed by atoms with Crippen molar-refractivity contribution in [2.45, 2.75) is 39.5 Å². The number of hydrogen-bond donors (Lipinski definition) is 1. The molecule has 0 bridgehead atoms. The summed E-state index contributed by atoms with van der Waals surface area (Å²) in [7, 11) is 1.64. The minimum atomic E-state index is -0.446. The van der Waals surface area contributed by atoms with Crippen molar-refractivity contribution in [1.29, 1.82) is 0 Å². The summed E-state index contributed by atoms with van der Waals surface area (Å²) in [6.07, 6.45) is 2.03. The fraction of sp³-hybridized carbons (Fsp3) is 0.611. The Labute approximate surface area is 133 Å². The zero-order valence-electron chi connectivity index (χ0n) is 14.2. The fourth-order valence-electron chi connectivity index (χ4n) is 3.40. The fourth-order valence-corrected chi connectivity index (χ4v) is 3.40. The number of carbonyl (C=O) groups excluding carboxylic acids is 1. The van der Waals surface area contributed by atoms with Crippen LogP contribution in [0.25, 0.3) is 0 Å². The Hall–Kier alpha value is -1.55. The highest BCUT2D eigenvalue weighted by Crippen LogP contribution is 2.32. The molecule has 1 heterocycles. The van der Waals surface area contributed by atoms with Crippen molar-refractivity contribution in [3.8, 4) is 0 Å². The third-order valence-corrected chi connectivity index (χ3v) is 4.60. The molecule has 2 rings (SSSR count). The van der Waals surface area contributed by atoms with E-state index in [1.54, 1.807) is 7.11 Å². The van der Waals surface area contributed by atoms with Crippen molar-refractivity contribution in [2.24, 2.45) is 5.41 Å². The first-order valence-corrected chi connectivity index (χ1v) is 7.99. The number of nitrogens with zero attached hydrogens (tertiary/aromatic N) is 1. The summed E-state index contributed by atoms with van der Waals surface area (Å²) in [4.78, 5) is 14.6. The van der Waals surface area contributed by atoms with Crippen LogP contribution in [0.3, 0.4) is 0 Å². The number of likely N-dealkylation sites (tertiary alicyclic amines) is 1. The first kappa shape index (κ1) is 16.8. The van der Waals surface area contributed by atoms with Crippen molar-refractivity contribution in [1.82, 2.24) is 4.90 Å². The minimum Gasteiger partial charge on any atom is -0.399 e. The van der Waals surface area contributed by atoms with Gasteiger partial charge in [0.15, 0.2) is 0 Å². The highest BCUT2D eigenvalue weighted by atomic mass is 16.5. The zero-order chi connectivity index (χ0) is 16.3. The van der Waals surface area contributed by atoms with Gasteiger partial charge >= 0.3 is 0 Å². The Morgan fingerprint density at radius 3 is 2.55 bits per heavy atom. The maximum absolute atomic E-state index is 12.6. The first-order valence-electron chi connectivity index (χ1n) is 7.99. The van der Waals surface area contributed by atoms with Gasteiger partial charge in [0.25, 0.3) is 0 Å². The number of nitrogen functional groups attached to an aromatic ring is 1. The zero-order valence-corrected chi connectivity index (χ0v) is 14.2. The molecule has 1 aliphatic heterocycles. The molecule has 0 spiro atoms. The average Bonchev–Trinajstić information content (AvgIpc) is 2.47. The Morgan fingerprint density at radius 2 is 2.00 bits per heavy atom. The Bertz CT molecular complexity index is 532. The van der Waals surface area contributed by atoms with E-state index < -0.39 is 5.41 Å². The predicted molar refractivity (Wildman–Crippen MR) is 89.8 cm³/mol. The summed E-state index contributed by atoms with van der Waals surface area (Å²) in [5.74, 6) is 0.719. The SMILES string of the molecule is COCC(C)(C)C(=O)N1CCC(c2ccc(N)cc2C)CC1. The van der Waals surface area contributed by atoms with E-state index in [9.17, 15) is 4.79 Å². The largest absolute Gasteiger partial charge is 0.399 e. The van der Waals surface area contributed by atoms with E-state index in [0.29, 0.717) is 12.5 Å². The van der Waals surface area contributed by atoms with Crippen LogP contribution in [0.15, 0.2) is 18.2 Å². The van der Waals surface area contributed by atoms with Gasteiger partial charge in [-0.05, 0) is 62.8 Å². The van der Waals surface area contributed by atoms with Crippen LogP contribution in [-0.4, -0.2) is 37.6 Å². The van der Waals surface area contributed by atoms with Gasteiger partial charge < -0.3 is 15.4 Å². The van der Waals surface area contributed by atoms with Crippen LogP contribution < -0.4 is 5.73 Å². The number of anilines is 1. The van der Waals surface area contributed by atoms with Crippen LogP contribution in [0.4, 0.5) is 5.69 Å². The van der Waals surface area contributed by atoms with E-state index >= 15 is 0 Å². The number of benzene rings is 1. The maximum atomic E-state index is 12.6. The van der Waals surface area contributed by atoms with E-state index in [-0.39, 0.29) is 5.91 Å². The molecule has 0 radical (unpaired) electrons. The number of nitrogens with two attached hydrogens (primary N) is 1. The smallest absolute Gasteiger partial charge is 0.230 e. The Kier molecular flexibility index (Phi) is 5.12. The molecule has 1 aliphatic rings. The molecule has 0 aliphatic carbocycles. The topological polar surface area (TPSA) is 55.6 Å². The van der Waals surface area contributed by atoms with Crippen LogP contribution in [-0.2, 0) is 9.53 Å². The van der Waals surface area contributed by atoms with Crippen molar-refractivity contribution in [2.75, 3.05) is 32.5 Å².